The second-order valence-corrected chi connectivity index (χ2v) is 3.69. The summed E-state index contributed by atoms with van der Waals surface area (Å²) in [6.07, 6.45) is 4.65. The van der Waals surface area contributed by atoms with Gasteiger partial charge in [0.1, 0.15) is 0 Å². The Labute approximate surface area is 76.8 Å². The Balaban J connectivity index is 1.97. The molecule has 4 nitrogen and oxygen atoms in total. The second kappa shape index (κ2) is 3.46. The van der Waals surface area contributed by atoms with E-state index < -0.39 is 11.9 Å². The summed E-state index contributed by atoms with van der Waals surface area (Å²) in [5.74, 6) is -0.800. The Morgan fingerprint density at radius 1 is 1.08 bits per heavy atom. The van der Waals surface area contributed by atoms with Gasteiger partial charge in [-0.3, -0.25) is 14.5 Å². The van der Waals surface area contributed by atoms with Gasteiger partial charge in [0, 0.05) is 6.04 Å². The molecule has 2 aliphatic rings. The number of ether oxygens (including phenoxy) is 1. The van der Waals surface area contributed by atoms with Crippen LogP contribution in [0.1, 0.15) is 25.7 Å². The van der Waals surface area contributed by atoms with Gasteiger partial charge in [-0.2, -0.15) is 0 Å². The van der Waals surface area contributed by atoms with Gasteiger partial charge in [-0.05, 0) is 12.8 Å². The van der Waals surface area contributed by atoms with E-state index in [9.17, 15) is 9.59 Å². The van der Waals surface area contributed by atoms with Crippen molar-refractivity contribution in [3.63, 3.8) is 0 Å². The molecule has 72 valence electrons. The first kappa shape index (κ1) is 8.69. The van der Waals surface area contributed by atoms with Crippen LogP contribution in [0.25, 0.3) is 0 Å². The van der Waals surface area contributed by atoms with Crippen molar-refractivity contribution in [1.82, 2.24) is 4.90 Å². The highest BCUT2D eigenvalue weighted by Gasteiger charge is 2.31. The fourth-order valence-corrected chi connectivity index (χ4v) is 2.11. The van der Waals surface area contributed by atoms with Crippen molar-refractivity contribution < 1.29 is 14.3 Å². The molecule has 1 saturated carbocycles. The van der Waals surface area contributed by atoms with Gasteiger partial charge in [0.15, 0.2) is 0 Å². The van der Waals surface area contributed by atoms with Crippen molar-refractivity contribution >= 4 is 11.9 Å². The number of carbonyl (C=O) groups is 2. The molecule has 0 spiro atoms. The lowest BCUT2D eigenvalue weighted by molar-refractivity contribution is -0.167. The molecule has 0 radical (unpaired) electrons. The first-order valence-corrected chi connectivity index (χ1v) is 4.73. The van der Waals surface area contributed by atoms with E-state index in [4.69, 9.17) is 0 Å². The Morgan fingerprint density at radius 2 is 1.62 bits per heavy atom. The average molecular weight is 183 g/mol. The zero-order chi connectivity index (χ0) is 9.26. The lowest BCUT2D eigenvalue weighted by atomic mass is 10.2. The Bertz CT molecular complexity index is 217. The number of esters is 2. The van der Waals surface area contributed by atoms with E-state index in [1.165, 1.54) is 12.8 Å². The maximum absolute atomic E-state index is 11.0. The SMILES string of the molecule is O=C1CN(C2CCCC2)CC(=O)O1. The summed E-state index contributed by atoms with van der Waals surface area (Å²) in [4.78, 5) is 23.9. The number of hydrogen-bond acceptors (Lipinski definition) is 4. The number of nitrogens with zero attached hydrogens (tertiary/aromatic N) is 1. The molecule has 4 heteroatoms. The van der Waals surface area contributed by atoms with Crippen LogP contribution in [0.15, 0.2) is 0 Å². The van der Waals surface area contributed by atoms with E-state index in [1.54, 1.807) is 0 Å². The predicted molar refractivity (Wildman–Crippen MR) is 44.9 cm³/mol. The first-order valence-electron chi connectivity index (χ1n) is 4.73. The lowest BCUT2D eigenvalue weighted by Gasteiger charge is -2.29. The van der Waals surface area contributed by atoms with Crippen LogP contribution in [0, 0.1) is 0 Å². The summed E-state index contributed by atoms with van der Waals surface area (Å²) in [5, 5.41) is 0. The molecule has 2 rings (SSSR count). The summed E-state index contributed by atoms with van der Waals surface area (Å²) in [6, 6.07) is 0.428. The molecule has 1 aliphatic heterocycles. The number of carbonyl (C=O) groups excluding carboxylic acids is 2. The van der Waals surface area contributed by atoms with Gasteiger partial charge in [0.2, 0.25) is 0 Å². The molecule has 0 N–H and O–H groups in total. The van der Waals surface area contributed by atoms with Crippen molar-refractivity contribution in [3.05, 3.63) is 0 Å². The number of cyclic esters (lactones) is 2. The highest BCUT2D eigenvalue weighted by Crippen LogP contribution is 2.24. The minimum Gasteiger partial charge on any atom is -0.391 e. The van der Waals surface area contributed by atoms with E-state index in [-0.39, 0.29) is 13.1 Å². The van der Waals surface area contributed by atoms with Crippen molar-refractivity contribution in [2.45, 2.75) is 31.7 Å². The normalized spacial score (nSPS) is 26.5. The van der Waals surface area contributed by atoms with Crippen LogP contribution in [0.5, 0.6) is 0 Å². The molecular formula is C9H13NO3. The minimum atomic E-state index is -0.400. The lowest BCUT2D eigenvalue weighted by Crippen LogP contribution is -2.47. The molecule has 1 saturated heterocycles. The third kappa shape index (κ3) is 1.88. The van der Waals surface area contributed by atoms with Crippen LogP contribution >= 0.6 is 0 Å². The number of rotatable bonds is 1. The molecule has 0 amide bonds. The zero-order valence-electron chi connectivity index (χ0n) is 7.49. The average Bonchev–Trinajstić information content (AvgIpc) is 2.53. The van der Waals surface area contributed by atoms with Crippen molar-refractivity contribution in [2.75, 3.05) is 13.1 Å². The van der Waals surface area contributed by atoms with Gasteiger partial charge in [-0.25, -0.2) is 0 Å². The third-order valence-corrected chi connectivity index (χ3v) is 2.73. The largest absolute Gasteiger partial charge is 0.391 e. The molecule has 0 bridgehead atoms. The Kier molecular flexibility index (Phi) is 2.31. The van der Waals surface area contributed by atoms with Crippen LogP contribution in [0.2, 0.25) is 0 Å². The van der Waals surface area contributed by atoms with Crippen LogP contribution in [-0.4, -0.2) is 36.0 Å². The molecule has 2 fully saturated rings. The van der Waals surface area contributed by atoms with Gasteiger partial charge < -0.3 is 4.74 Å². The van der Waals surface area contributed by atoms with Gasteiger partial charge in [0.25, 0.3) is 0 Å². The maximum Gasteiger partial charge on any atom is 0.327 e. The summed E-state index contributed by atoms with van der Waals surface area (Å²) in [6.45, 7) is 0.576. The molecule has 0 aromatic heterocycles. The summed E-state index contributed by atoms with van der Waals surface area (Å²) in [7, 11) is 0. The van der Waals surface area contributed by atoms with Gasteiger partial charge in [-0.15, -0.1) is 0 Å². The molecule has 0 atom stereocenters. The molecule has 0 unspecified atom stereocenters. The molecule has 0 aromatic rings. The van der Waals surface area contributed by atoms with Crippen molar-refractivity contribution in [1.29, 1.82) is 0 Å². The van der Waals surface area contributed by atoms with Crippen LogP contribution in [0.3, 0.4) is 0 Å². The van der Waals surface area contributed by atoms with Crippen LogP contribution < -0.4 is 0 Å². The molecular weight excluding hydrogens is 170 g/mol. The van der Waals surface area contributed by atoms with E-state index in [2.05, 4.69) is 4.74 Å². The summed E-state index contributed by atoms with van der Waals surface area (Å²) < 4.78 is 4.46. The van der Waals surface area contributed by atoms with E-state index in [0.717, 1.165) is 12.8 Å². The molecule has 1 aliphatic carbocycles. The maximum atomic E-state index is 11.0. The smallest absolute Gasteiger partial charge is 0.327 e. The molecule has 0 aromatic carbocycles. The highest BCUT2D eigenvalue weighted by atomic mass is 16.6. The van der Waals surface area contributed by atoms with Crippen LogP contribution in [-0.2, 0) is 14.3 Å². The quantitative estimate of drug-likeness (QED) is 0.433. The molecule has 1 heterocycles. The summed E-state index contributed by atoms with van der Waals surface area (Å²) in [5.41, 5.74) is 0. The van der Waals surface area contributed by atoms with E-state index in [0.29, 0.717) is 6.04 Å². The van der Waals surface area contributed by atoms with Crippen LogP contribution in [0.4, 0.5) is 0 Å². The van der Waals surface area contributed by atoms with Gasteiger partial charge in [-0.1, -0.05) is 12.8 Å². The van der Waals surface area contributed by atoms with E-state index in [1.807, 2.05) is 4.90 Å². The second-order valence-electron chi connectivity index (χ2n) is 3.69. The zero-order valence-corrected chi connectivity index (χ0v) is 7.49. The number of morpholine rings is 1. The molecule has 13 heavy (non-hydrogen) atoms. The Morgan fingerprint density at radius 3 is 2.15 bits per heavy atom. The first-order chi connectivity index (χ1) is 6.25. The van der Waals surface area contributed by atoms with E-state index >= 15 is 0 Å². The fraction of sp³-hybridized carbons (Fsp3) is 0.778. The monoisotopic (exact) mass is 183 g/mol. The number of hydrogen-bond donors (Lipinski definition) is 0. The minimum absolute atomic E-state index is 0.288. The topological polar surface area (TPSA) is 46.6 Å². The van der Waals surface area contributed by atoms with Gasteiger partial charge >= 0.3 is 11.9 Å². The standard InChI is InChI=1S/C9H13NO3/c11-8-5-10(6-9(12)13-8)7-3-1-2-4-7/h7H,1-6H2. The highest BCUT2D eigenvalue weighted by molar-refractivity contribution is 5.90. The predicted octanol–water partition coefficient (Wildman–Crippen LogP) is 0.314. The van der Waals surface area contributed by atoms with Gasteiger partial charge in [0.05, 0.1) is 13.1 Å². The third-order valence-electron chi connectivity index (χ3n) is 2.73. The fourth-order valence-electron chi connectivity index (χ4n) is 2.11. The van der Waals surface area contributed by atoms with Crippen molar-refractivity contribution in [2.24, 2.45) is 0 Å². The Hall–Kier alpha value is -0.900. The summed E-state index contributed by atoms with van der Waals surface area (Å²) >= 11 is 0. The van der Waals surface area contributed by atoms with Crippen molar-refractivity contribution in [3.8, 4) is 0 Å².